The van der Waals surface area contributed by atoms with Crippen molar-refractivity contribution in [3.05, 3.63) is 68.7 Å². The molecule has 0 unspecified atom stereocenters. The van der Waals surface area contributed by atoms with Crippen molar-refractivity contribution in [1.82, 2.24) is 0 Å². The molecule has 0 radical (unpaired) electrons. The maximum atomic E-state index is 12.3. The predicted octanol–water partition coefficient (Wildman–Crippen LogP) is 5.04. The summed E-state index contributed by atoms with van der Waals surface area (Å²) in [7, 11) is 0. The van der Waals surface area contributed by atoms with Gasteiger partial charge in [0.25, 0.3) is 0 Å². The highest BCUT2D eigenvalue weighted by atomic mass is 35.5. The zero-order valence-corrected chi connectivity index (χ0v) is 12.3. The molecule has 0 aromatic heterocycles. The normalized spacial score (nSPS) is 10.5. The zero-order valence-electron chi connectivity index (χ0n) is 10.8. The Hall–Kier alpha value is -1.31. The Bertz CT molecular complexity index is 633. The molecular weight excluding hydrogens is 279 g/mol. The van der Waals surface area contributed by atoms with Crippen molar-refractivity contribution in [1.29, 1.82) is 0 Å². The summed E-state index contributed by atoms with van der Waals surface area (Å²) in [6, 6.07) is 11.1. The van der Waals surface area contributed by atoms with Crippen LogP contribution in [0.1, 0.15) is 27.0 Å². The first kappa shape index (κ1) is 14.1. The molecule has 0 amide bonds. The maximum absolute atomic E-state index is 12.3. The lowest BCUT2D eigenvalue weighted by Gasteiger charge is -2.08. The number of carbonyl (C=O) groups excluding carboxylic acids is 1. The van der Waals surface area contributed by atoms with E-state index in [0.29, 0.717) is 22.0 Å². The number of hydrogen-bond donors (Lipinski definition) is 0. The molecule has 0 aliphatic carbocycles. The number of hydrogen-bond acceptors (Lipinski definition) is 1. The summed E-state index contributed by atoms with van der Waals surface area (Å²) in [6.07, 6.45) is 0.356. The third-order valence-electron chi connectivity index (χ3n) is 3.09. The van der Waals surface area contributed by atoms with Crippen LogP contribution in [-0.2, 0) is 6.42 Å². The van der Waals surface area contributed by atoms with E-state index in [1.165, 1.54) is 0 Å². The third-order valence-corrected chi connectivity index (χ3v) is 3.63. The van der Waals surface area contributed by atoms with Crippen molar-refractivity contribution in [2.75, 3.05) is 0 Å². The second-order valence-corrected chi connectivity index (χ2v) is 5.50. The number of halogens is 2. The van der Waals surface area contributed by atoms with Crippen LogP contribution in [0, 0.1) is 13.8 Å². The SMILES string of the molecule is Cc1ccc(C)c(CC(=O)c2ccc(Cl)cc2Cl)c1. The predicted molar refractivity (Wildman–Crippen MR) is 80.4 cm³/mol. The molecule has 1 nitrogen and oxygen atoms in total. The molecule has 0 aliphatic rings. The van der Waals surface area contributed by atoms with Crippen molar-refractivity contribution >= 4 is 29.0 Å². The summed E-state index contributed by atoms with van der Waals surface area (Å²) in [4.78, 5) is 12.3. The van der Waals surface area contributed by atoms with E-state index in [1.807, 2.05) is 32.0 Å². The summed E-state index contributed by atoms with van der Waals surface area (Å²) >= 11 is 11.9. The van der Waals surface area contributed by atoms with Crippen LogP contribution in [0.25, 0.3) is 0 Å². The highest BCUT2D eigenvalue weighted by molar-refractivity contribution is 6.36. The average Bonchev–Trinajstić information content (AvgIpc) is 2.33. The standard InChI is InChI=1S/C16H14Cl2O/c1-10-3-4-11(2)12(7-10)8-16(19)14-6-5-13(17)9-15(14)18/h3-7,9H,8H2,1-2H3. The molecule has 0 fully saturated rings. The molecule has 3 heteroatoms. The van der Waals surface area contributed by atoms with Gasteiger partial charge in [-0.1, -0.05) is 47.0 Å². The van der Waals surface area contributed by atoms with Gasteiger partial charge in [-0.3, -0.25) is 4.79 Å². The topological polar surface area (TPSA) is 17.1 Å². The Morgan fingerprint density at radius 2 is 1.79 bits per heavy atom. The van der Waals surface area contributed by atoms with Gasteiger partial charge in [-0.25, -0.2) is 0 Å². The third kappa shape index (κ3) is 3.37. The van der Waals surface area contributed by atoms with Crippen LogP contribution in [0.4, 0.5) is 0 Å². The van der Waals surface area contributed by atoms with E-state index in [4.69, 9.17) is 23.2 Å². The van der Waals surface area contributed by atoms with Crippen molar-refractivity contribution in [3.63, 3.8) is 0 Å². The summed E-state index contributed by atoms with van der Waals surface area (Å²) in [5, 5.41) is 0.941. The van der Waals surface area contributed by atoms with Crippen LogP contribution in [0.15, 0.2) is 36.4 Å². The van der Waals surface area contributed by atoms with Crippen LogP contribution in [-0.4, -0.2) is 5.78 Å². The Morgan fingerprint density at radius 1 is 1.05 bits per heavy atom. The second kappa shape index (κ2) is 5.77. The molecule has 0 aliphatic heterocycles. The van der Waals surface area contributed by atoms with Crippen LogP contribution < -0.4 is 0 Å². The minimum absolute atomic E-state index is 0.00960. The molecule has 98 valence electrons. The number of ketones is 1. The van der Waals surface area contributed by atoms with Crippen molar-refractivity contribution in [3.8, 4) is 0 Å². The molecule has 0 saturated carbocycles. The summed E-state index contributed by atoms with van der Waals surface area (Å²) < 4.78 is 0. The van der Waals surface area contributed by atoms with Gasteiger partial charge in [0, 0.05) is 17.0 Å². The van der Waals surface area contributed by atoms with E-state index < -0.39 is 0 Å². The zero-order chi connectivity index (χ0) is 14.0. The summed E-state index contributed by atoms with van der Waals surface area (Å²) in [6.45, 7) is 4.02. The number of rotatable bonds is 3. The lowest BCUT2D eigenvalue weighted by molar-refractivity contribution is 0.0993. The molecular formula is C16H14Cl2O. The molecule has 0 spiro atoms. The average molecular weight is 293 g/mol. The molecule has 2 aromatic carbocycles. The highest BCUT2D eigenvalue weighted by Gasteiger charge is 2.12. The second-order valence-electron chi connectivity index (χ2n) is 4.65. The van der Waals surface area contributed by atoms with Crippen molar-refractivity contribution in [2.24, 2.45) is 0 Å². The van der Waals surface area contributed by atoms with Gasteiger partial charge < -0.3 is 0 Å². The van der Waals surface area contributed by atoms with Crippen molar-refractivity contribution in [2.45, 2.75) is 20.3 Å². The summed E-state index contributed by atoms with van der Waals surface area (Å²) in [5.74, 6) is 0.00960. The summed E-state index contributed by atoms with van der Waals surface area (Å²) in [5.41, 5.74) is 3.82. The Balaban J connectivity index is 2.28. The minimum Gasteiger partial charge on any atom is -0.294 e. The van der Waals surface area contributed by atoms with Crippen molar-refractivity contribution < 1.29 is 4.79 Å². The first-order chi connectivity index (χ1) is 8.97. The first-order valence-electron chi connectivity index (χ1n) is 6.02. The Labute approximate surface area is 123 Å². The lowest BCUT2D eigenvalue weighted by atomic mass is 9.98. The highest BCUT2D eigenvalue weighted by Crippen LogP contribution is 2.23. The van der Waals surface area contributed by atoms with Gasteiger partial charge in [0.2, 0.25) is 0 Å². The monoisotopic (exact) mass is 292 g/mol. The number of benzene rings is 2. The maximum Gasteiger partial charge on any atom is 0.168 e. The van der Waals surface area contributed by atoms with E-state index in [1.54, 1.807) is 18.2 Å². The molecule has 0 N–H and O–H groups in total. The number of carbonyl (C=O) groups is 1. The Kier molecular flexibility index (Phi) is 4.28. The van der Waals surface area contributed by atoms with Gasteiger partial charge in [0.1, 0.15) is 0 Å². The van der Waals surface area contributed by atoms with Crippen LogP contribution in [0.3, 0.4) is 0 Å². The van der Waals surface area contributed by atoms with E-state index in [9.17, 15) is 4.79 Å². The molecule has 19 heavy (non-hydrogen) atoms. The van der Waals surface area contributed by atoms with Gasteiger partial charge in [-0.2, -0.15) is 0 Å². The molecule has 0 saturated heterocycles. The molecule has 0 heterocycles. The largest absolute Gasteiger partial charge is 0.294 e. The van der Waals surface area contributed by atoms with Crippen LogP contribution in [0.5, 0.6) is 0 Å². The smallest absolute Gasteiger partial charge is 0.168 e. The van der Waals surface area contributed by atoms with Gasteiger partial charge in [-0.05, 0) is 43.2 Å². The molecule has 0 bridgehead atoms. The van der Waals surface area contributed by atoms with Gasteiger partial charge >= 0.3 is 0 Å². The van der Waals surface area contributed by atoms with E-state index in [-0.39, 0.29) is 5.78 Å². The van der Waals surface area contributed by atoms with E-state index >= 15 is 0 Å². The lowest BCUT2D eigenvalue weighted by Crippen LogP contribution is -2.06. The number of Topliss-reactive ketones (excluding diaryl/α,β-unsaturated/α-hetero) is 1. The van der Waals surface area contributed by atoms with Crippen LogP contribution >= 0.6 is 23.2 Å². The quantitative estimate of drug-likeness (QED) is 0.725. The first-order valence-corrected chi connectivity index (χ1v) is 6.77. The Morgan fingerprint density at radius 3 is 2.47 bits per heavy atom. The van der Waals surface area contributed by atoms with Gasteiger partial charge in [0.05, 0.1) is 5.02 Å². The van der Waals surface area contributed by atoms with Gasteiger partial charge in [-0.15, -0.1) is 0 Å². The molecule has 2 rings (SSSR count). The van der Waals surface area contributed by atoms with E-state index in [2.05, 4.69) is 0 Å². The molecule has 0 atom stereocenters. The van der Waals surface area contributed by atoms with Crippen LogP contribution in [0.2, 0.25) is 10.0 Å². The fraction of sp³-hybridized carbons (Fsp3) is 0.188. The minimum atomic E-state index is 0.00960. The number of aryl methyl sites for hydroxylation is 2. The molecule has 2 aromatic rings. The van der Waals surface area contributed by atoms with E-state index in [0.717, 1.165) is 16.7 Å². The fourth-order valence-corrected chi connectivity index (χ4v) is 2.49. The van der Waals surface area contributed by atoms with Gasteiger partial charge in [0.15, 0.2) is 5.78 Å². The fourth-order valence-electron chi connectivity index (χ4n) is 1.97.